The van der Waals surface area contributed by atoms with E-state index >= 15 is 0 Å². The standard InChI is InChI=1S/C13H25N3.2ClH/c1-15-5-7-16(8-6-15)13-4-2-3-11-9-14-10-12(11)13;;/h11-14H,2-10H2,1H3;2*1H. The number of nitrogens with zero attached hydrogens (tertiary/aromatic N) is 2. The zero-order chi connectivity index (χ0) is 11.0. The summed E-state index contributed by atoms with van der Waals surface area (Å²) < 4.78 is 0. The SMILES string of the molecule is CN1CCN(C2CCCC3CNCC32)CC1.Cl.Cl. The number of likely N-dealkylation sites (N-methyl/N-ethyl adjacent to an activating group) is 1. The van der Waals surface area contributed by atoms with Crippen LogP contribution >= 0.6 is 24.8 Å². The number of hydrogen-bond acceptors (Lipinski definition) is 3. The maximum atomic E-state index is 3.61. The minimum atomic E-state index is 0. The fourth-order valence-electron chi connectivity index (χ4n) is 3.93. The van der Waals surface area contributed by atoms with E-state index in [1.807, 2.05) is 0 Å². The molecule has 3 unspecified atom stereocenters. The number of fused-ring (bicyclic) bond motifs is 1. The Labute approximate surface area is 123 Å². The van der Waals surface area contributed by atoms with Gasteiger partial charge >= 0.3 is 0 Å². The second-order valence-corrected chi connectivity index (χ2v) is 5.92. The number of halogens is 2. The zero-order valence-electron chi connectivity index (χ0n) is 11.3. The molecule has 3 nitrogen and oxygen atoms in total. The Balaban J connectivity index is 0.000000810. The monoisotopic (exact) mass is 295 g/mol. The predicted octanol–water partition coefficient (Wildman–Crippen LogP) is 1.47. The van der Waals surface area contributed by atoms with Gasteiger partial charge in [0, 0.05) is 32.2 Å². The maximum absolute atomic E-state index is 3.61. The summed E-state index contributed by atoms with van der Waals surface area (Å²) in [7, 11) is 2.25. The van der Waals surface area contributed by atoms with Crippen molar-refractivity contribution in [3.05, 3.63) is 0 Å². The van der Waals surface area contributed by atoms with Crippen LogP contribution in [0.4, 0.5) is 0 Å². The van der Waals surface area contributed by atoms with Crippen molar-refractivity contribution in [3.8, 4) is 0 Å². The van der Waals surface area contributed by atoms with Gasteiger partial charge in [-0.25, -0.2) is 0 Å². The number of piperazine rings is 1. The van der Waals surface area contributed by atoms with Crippen LogP contribution in [0.15, 0.2) is 0 Å². The van der Waals surface area contributed by atoms with Gasteiger partial charge in [0.25, 0.3) is 0 Å². The van der Waals surface area contributed by atoms with Gasteiger partial charge in [-0.15, -0.1) is 24.8 Å². The molecule has 1 aliphatic carbocycles. The van der Waals surface area contributed by atoms with E-state index in [0.29, 0.717) is 0 Å². The van der Waals surface area contributed by atoms with Gasteiger partial charge < -0.3 is 10.2 Å². The molecule has 0 bridgehead atoms. The van der Waals surface area contributed by atoms with Crippen LogP contribution in [0.25, 0.3) is 0 Å². The Morgan fingerprint density at radius 3 is 2.39 bits per heavy atom. The first-order valence-electron chi connectivity index (χ1n) is 6.98. The molecule has 0 radical (unpaired) electrons. The summed E-state index contributed by atoms with van der Waals surface area (Å²) in [5, 5.41) is 3.61. The molecule has 3 rings (SSSR count). The minimum Gasteiger partial charge on any atom is -0.316 e. The van der Waals surface area contributed by atoms with Gasteiger partial charge in [0.1, 0.15) is 0 Å². The molecule has 0 amide bonds. The molecule has 108 valence electrons. The minimum absolute atomic E-state index is 0. The van der Waals surface area contributed by atoms with E-state index in [4.69, 9.17) is 0 Å². The molecule has 1 N–H and O–H groups in total. The molecule has 5 heteroatoms. The molecule has 0 spiro atoms. The summed E-state index contributed by atoms with van der Waals surface area (Å²) in [6.45, 7) is 7.69. The Hall–Kier alpha value is 0.460. The van der Waals surface area contributed by atoms with E-state index in [9.17, 15) is 0 Å². The third-order valence-corrected chi connectivity index (χ3v) is 4.97. The Kier molecular flexibility index (Phi) is 6.70. The highest BCUT2D eigenvalue weighted by Gasteiger charge is 2.39. The average Bonchev–Trinajstić information content (AvgIpc) is 2.78. The molecule has 2 saturated heterocycles. The van der Waals surface area contributed by atoms with E-state index in [1.54, 1.807) is 0 Å². The van der Waals surface area contributed by atoms with Gasteiger partial charge in [0.2, 0.25) is 0 Å². The summed E-state index contributed by atoms with van der Waals surface area (Å²) in [4.78, 5) is 5.24. The molecule has 1 saturated carbocycles. The van der Waals surface area contributed by atoms with Gasteiger partial charge in [0.05, 0.1) is 0 Å². The highest BCUT2D eigenvalue weighted by atomic mass is 35.5. The number of nitrogens with one attached hydrogen (secondary N) is 1. The lowest BCUT2D eigenvalue weighted by molar-refractivity contribution is 0.0494. The van der Waals surface area contributed by atoms with Gasteiger partial charge in [-0.05, 0) is 44.8 Å². The van der Waals surface area contributed by atoms with Crippen molar-refractivity contribution in [3.63, 3.8) is 0 Å². The molecule has 0 aromatic rings. The van der Waals surface area contributed by atoms with Crippen LogP contribution in [-0.4, -0.2) is 62.2 Å². The van der Waals surface area contributed by atoms with Crippen LogP contribution < -0.4 is 5.32 Å². The van der Waals surface area contributed by atoms with E-state index in [-0.39, 0.29) is 24.8 Å². The smallest absolute Gasteiger partial charge is 0.0140 e. The quantitative estimate of drug-likeness (QED) is 0.790. The predicted molar refractivity (Wildman–Crippen MR) is 81.1 cm³/mol. The number of rotatable bonds is 1. The topological polar surface area (TPSA) is 18.5 Å². The van der Waals surface area contributed by atoms with Crippen LogP contribution in [-0.2, 0) is 0 Å². The highest BCUT2D eigenvalue weighted by molar-refractivity contribution is 5.85. The van der Waals surface area contributed by atoms with Crippen molar-refractivity contribution in [2.45, 2.75) is 25.3 Å². The lowest BCUT2D eigenvalue weighted by Crippen LogP contribution is -2.53. The van der Waals surface area contributed by atoms with Crippen LogP contribution in [0, 0.1) is 11.8 Å². The van der Waals surface area contributed by atoms with Gasteiger partial charge in [-0.1, -0.05) is 6.42 Å². The molecular weight excluding hydrogens is 269 g/mol. The lowest BCUT2D eigenvalue weighted by Gasteiger charge is -2.44. The third kappa shape index (κ3) is 3.31. The van der Waals surface area contributed by atoms with Crippen molar-refractivity contribution in [2.24, 2.45) is 11.8 Å². The Bertz CT molecular complexity index is 244. The summed E-state index contributed by atoms with van der Waals surface area (Å²) in [6, 6.07) is 0.891. The molecule has 3 aliphatic rings. The highest BCUT2D eigenvalue weighted by Crippen LogP contribution is 2.35. The number of hydrogen-bond donors (Lipinski definition) is 1. The summed E-state index contributed by atoms with van der Waals surface area (Å²) in [5.41, 5.74) is 0. The summed E-state index contributed by atoms with van der Waals surface area (Å²) >= 11 is 0. The fourth-order valence-corrected chi connectivity index (χ4v) is 3.93. The van der Waals surface area contributed by atoms with Gasteiger partial charge in [-0.2, -0.15) is 0 Å². The molecule has 0 aromatic heterocycles. The Morgan fingerprint density at radius 2 is 1.67 bits per heavy atom. The average molecular weight is 296 g/mol. The maximum Gasteiger partial charge on any atom is 0.0140 e. The van der Waals surface area contributed by atoms with E-state index in [2.05, 4.69) is 22.2 Å². The molecule has 2 aliphatic heterocycles. The molecule has 18 heavy (non-hydrogen) atoms. The third-order valence-electron chi connectivity index (χ3n) is 4.97. The lowest BCUT2D eigenvalue weighted by atomic mass is 9.77. The first-order chi connectivity index (χ1) is 7.84. The van der Waals surface area contributed by atoms with E-state index in [1.165, 1.54) is 58.5 Å². The largest absolute Gasteiger partial charge is 0.316 e. The van der Waals surface area contributed by atoms with Gasteiger partial charge in [-0.3, -0.25) is 4.90 Å². The molecular formula is C13H27Cl2N3. The molecule has 3 fully saturated rings. The van der Waals surface area contributed by atoms with Crippen molar-refractivity contribution in [2.75, 3.05) is 46.3 Å². The first-order valence-corrected chi connectivity index (χ1v) is 6.98. The Morgan fingerprint density at radius 1 is 0.944 bits per heavy atom. The molecule has 0 aromatic carbocycles. The summed E-state index contributed by atoms with van der Waals surface area (Å²) in [6.07, 6.45) is 4.38. The summed E-state index contributed by atoms with van der Waals surface area (Å²) in [5.74, 6) is 1.94. The first kappa shape index (κ1) is 16.5. The van der Waals surface area contributed by atoms with Crippen molar-refractivity contribution in [1.82, 2.24) is 15.1 Å². The van der Waals surface area contributed by atoms with E-state index in [0.717, 1.165) is 17.9 Å². The van der Waals surface area contributed by atoms with Crippen molar-refractivity contribution < 1.29 is 0 Å². The van der Waals surface area contributed by atoms with Gasteiger partial charge in [0.15, 0.2) is 0 Å². The van der Waals surface area contributed by atoms with Crippen molar-refractivity contribution in [1.29, 1.82) is 0 Å². The van der Waals surface area contributed by atoms with E-state index < -0.39 is 0 Å². The zero-order valence-corrected chi connectivity index (χ0v) is 12.9. The van der Waals surface area contributed by atoms with Crippen LogP contribution in [0.3, 0.4) is 0 Å². The van der Waals surface area contributed by atoms with Crippen LogP contribution in [0.1, 0.15) is 19.3 Å². The molecule has 3 atom stereocenters. The fraction of sp³-hybridized carbons (Fsp3) is 1.00. The normalized spacial score (nSPS) is 37.5. The second kappa shape index (κ2) is 7.30. The second-order valence-electron chi connectivity index (χ2n) is 5.92. The van der Waals surface area contributed by atoms with Crippen molar-refractivity contribution >= 4 is 24.8 Å². The van der Waals surface area contributed by atoms with Crippen LogP contribution in [0.5, 0.6) is 0 Å². The van der Waals surface area contributed by atoms with Crippen LogP contribution in [0.2, 0.25) is 0 Å². The molecule has 2 heterocycles.